The fourth-order valence-corrected chi connectivity index (χ4v) is 7.73. The zero-order chi connectivity index (χ0) is 32.5. The molecule has 2 aromatic heterocycles. The summed E-state index contributed by atoms with van der Waals surface area (Å²) < 4.78 is 26.5. The van der Waals surface area contributed by atoms with Crippen molar-refractivity contribution in [2.75, 3.05) is 51.7 Å². The van der Waals surface area contributed by atoms with Crippen LogP contribution in [0.25, 0.3) is 44.2 Å². The summed E-state index contributed by atoms with van der Waals surface area (Å²) in [5.41, 5.74) is 6.99. The molecule has 1 saturated heterocycles. The zero-order valence-corrected chi connectivity index (χ0v) is 27.4. The van der Waals surface area contributed by atoms with Gasteiger partial charge in [0, 0.05) is 72.5 Å². The molecular weight excluding hydrogens is 607 g/mol. The average molecular weight is 644 g/mol. The number of H-pyrrole nitrogens is 1. The van der Waals surface area contributed by atoms with Crippen LogP contribution < -0.4 is 4.90 Å². The van der Waals surface area contributed by atoms with Gasteiger partial charge in [-0.3, -0.25) is 9.69 Å². The van der Waals surface area contributed by atoms with E-state index in [1.54, 1.807) is 29.2 Å². The van der Waals surface area contributed by atoms with Gasteiger partial charge in [0.1, 0.15) is 5.65 Å². The lowest BCUT2D eigenvalue weighted by molar-refractivity contribution is -0.119. The van der Waals surface area contributed by atoms with Crippen molar-refractivity contribution in [3.63, 3.8) is 0 Å². The molecule has 0 aliphatic carbocycles. The molecular formula is C38H37N5O3S. The molecule has 0 spiro atoms. The monoisotopic (exact) mass is 643 g/mol. The van der Waals surface area contributed by atoms with E-state index in [0.717, 1.165) is 76.1 Å². The normalized spacial score (nSPS) is 14.5. The number of carbonyl (C=O) groups excluding carboxylic acids is 1. The average Bonchev–Trinajstić information content (AvgIpc) is 3.47. The van der Waals surface area contributed by atoms with Crippen LogP contribution in [0.5, 0.6) is 0 Å². The molecule has 47 heavy (non-hydrogen) atoms. The largest absolute Gasteiger partial charge is 0.339 e. The van der Waals surface area contributed by atoms with Gasteiger partial charge >= 0.3 is 0 Å². The van der Waals surface area contributed by atoms with Crippen molar-refractivity contribution in [3.05, 3.63) is 115 Å². The van der Waals surface area contributed by atoms with Crippen LogP contribution in [0, 0.1) is 0 Å². The van der Waals surface area contributed by atoms with Gasteiger partial charge in [0.05, 0.1) is 17.2 Å². The number of likely N-dealkylation sites (N-methyl/N-ethyl adjacent to an activating group) is 2. The SMILES string of the molecule is CN1CCN(CC(=O)N(C)c2cccc(-c3cnc4[nH]c5ccc(CS(=O)(=O)c6ccccc6)cc5c4c3-c3ccccc3)c2)CC1. The Bertz CT molecular complexity index is 2170. The lowest BCUT2D eigenvalue weighted by atomic mass is 9.92. The molecule has 0 bridgehead atoms. The first kappa shape index (κ1) is 30.8. The molecule has 1 amide bonds. The summed E-state index contributed by atoms with van der Waals surface area (Å²) in [6, 6.07) is 32.5. The van der Waals surface area contributed by atoms with Crippen LogP contribution in [0.1, 0.15) is 5.56 Å². The molecule has 238 valence electrons. The number of rotatable bonds is 8. The smallest absolute Gasteiger partial charge is 0.240 e. The van der Waals surface area contributed by atoms with Crippen molar-refractivity contribution in [2.24, 2.45) is 0 Å². The zero-order valence-electron chi connectivity index (χ0n) is 26.6. The highest BCUT2D eigenvalue weighted by Gasteiger charge is 2.22. The van der Waals surface area contributed by atoms with Gasteiger partial charge in [-0.2, -0.15) is 0 Å². The molecule has 1 N–H and O–H groups in total. The van der Waals surface area contributed by atoms with Gasteiger partial charge in [-0.15, -0.1) is 0 Å². The van der Waals surface area contributed by atoms with Crippen LogP contribution in [0.15, 0.2) is 114 Å². The summed E-state index contributed by atoms with van der Waals surface area (Å²) in [4.78, 5) is 28.2. The third kappa shape index (κ3) is 6.30. The van der Waals surface area contributed by atoms with Crippen LogP contribution in [-0.4, -0.2) is 80.9 Å². The first-order valence-corrected chi connectivity index (χ1v) is 17.5. The Labute approximate surface area is 275 Å². The molecule has 9 heteroatoms. The molecule has 0 saturated carbocycles. The van der Waals surface area contributed by atoms with Crippen molar-refractivity contribution >= 4 is 43.4 Å². The van der Waals surface area contributed by atoms with Gasteiger partial charge < -0.3 is 14.8 Å². The third-order valence-electron chi connectivity index (χ3n) is 9.08. The molecule has 1 aliphatic heterocycles. The Kier molecular flexibility index (Phi) is 8.36. The van der Waals surface area contributed by atoms with E-state index in [0.29, 0.717) is 17.0 Å². The second kappa shape index (κ2) is 12.8. The first-order valence-electron chi connectivity index (χ1n) is 15.8. The highest BCUT2D eigenvalue weighted by molar-refractivity contribution is 7.90. The topological polar surface area (TPSA) is 89.6 Å². The number of nitrogens with zero attached hydrogens (tertiary/aromatic N) is 4. The number of fused-ring (bicyclic) bond motifs is 3. The Hall–Kier alpha value is -4.83. The van der Waals surface area contributed by atoms with Gasteiger partial charge in [0.2, 0.25) is 5.91 Å². The van der Waals surface area contributed by atoms with Crippen molar-refractivity contribution < 1.29 is 13.2 Å². The number of pyridine rings is 1. The van der Waals surface area contributed by atoms with Gasteiger partial charge in [0.15, 0.2) is 9.84 Å². The minimum Gasteiger partial charge on any atom is -0.339 e. The molecule has 0 unspecified atom stereocenters. The van der Waals surface area contributed by atoms with Gasteiger partial charge in [-0.05, 0) is 60.1 Å². The van der Waals surface area contributed by atoms with Gasteiger partial charge in [-0.25, -0.2) is 13.4 Å². The molecule has 0 atom stereocenters. The Morgan fingerprint density at radius 1 is 0.851 bits per heavy atom. The quantitative estimate of drug-likeness (QED) is 0.212. The maximum absolute atomic E-state index is 13.3. The molecule has 1 aliphatic rings. The van der Waals surface area contributed by atoms with Crippen LogP contribution in [0.2, 0.25) is 0 Å². The van der Waals surface area contributed by atoms with E-state index in [9.17, 15) is 13.2 Å². The van der Waals surface area contributed by atoms with Crippen molar-refractivity contribution in [1.82, 2.24) is 19.8 Å². The summed E-state index contributed by atoms with van der Waals surface area (Å²) in [7, 11) is 0.418. The minimum atomic E-state index is -3.53. The fourth-order valence-electron chi connectivity index (χ4n) is 6.38. The number of hydrogen-bond donors (Lipinski definition) is 1. The summed E-state index contributed by atoms with van der Waals surface area (Å²) in [6.07, 6.45) is 1.88. The number of sulfone groups is 1. The molecule has 0 radical (unpaired) electrons. The summed E-state index contributed by atoms with van der Waals surface area (Å²) in [5, 5.41) is 1.83. The van der Waals surface area contributed by atoms with Gasteiger partial charge in [-0.1, -0.05) is 66.7 Å². The predicted octanol–water partition coefficient (Wildman–Crippen LogP) is 6.23. The lowest BCUT2D eigenvalue weighted by Gasteiger charge is -2.32. The fraction of sp³-hybridized carbons (Fsp3) is 0.211. The Balaban J connectivity index is 1.30. The number of anilines is 1. The number of piperazine rings is 1. The standard InChI is InChI=1S/C38H37N5O3S/c1-41-18-20-43(21-19-41)25-35(44)42(2)30-13-9-12-29(23-30)33-24-39-38-37(36(33)28-10-5-3-6-11-28)32-22-27(16-17-34(32)40-38)26-47(45,46)31-14-7-4-8-15-31/h3-17,22-24H,18-21,25-26H2,1-2H3,(H,39,40). The summed E-state index contributed by atoms with van der Waals surface area (Å²) >= 11 is 0. The number of nitrogens with one attached hydrogen (secondary N) is 1. The molecule has 3 heterocycles. The van der Waals surface area contributed by atoms with E-state index in [2.05, 4.69) is 34.0 Å². The third-order valence-corrected chi connectivity index (χ3v) is 10.8. The van der Waals surface area contributed by atoms with Gasteiger partial charge in [0.25, 0.3) is 0 Å². The molecule has 8 nitrogen and oxygen atoms in total. The minimum absolute atomic E-state index is 0.0539. The number of hydrogen-bond acceptors (Lipinski definition) is 6. The molecule has 1 fully saturated rings. The van der Waals surface area contributed by atoms with E-state index in [1.165, 1.54) is 0 Å². The predicted molar refractivity (Wildman–Crippen MR) is 189 cm³/mol. The van der Waals surface area contributed by atoms with Crippen molar-refractivity contribution in [2.45, 2.75) is 10.6 Å². The summed E-state index contributed by atoms with van der Waals surface area (Å²) in [5.74, 6) is -0.0533. The maximum atomic E-state index is 13.3. The van der Waals surface area contributed by atoms with E-state index in [4.69, 9.17) is 4.98 Å². The summed E-state index contributed by atoms with van der Waals surface area (Å²) in [6.45, 7) is 4.07. The molecule has 7 rings (SSSR count). The Morgan fingerprint density at radius 3 is 2.30 bits per heavy atom. The van der Waals surface area contributed by atoms with E-state index < -0.39 is 9.84 Å². The number of aromatic amines is 1. The number of amides is 1. The van der Waals surface area contributed by atoms with Crippen LogP contribution in [0.4, 0.5) is 5.69 Å². The van der Waals surface area contributed by atoms with E-state index >= 15 is 0 Å². The second-order valence-electron chi connectivity index (χ2n) is 12.3. The lowest BCUT2D eigenvalue weighted by Crippen LogP contribution is -2.48. The van der Waals surface area contributed by atoms with Crippen LogP contribution >= 0.6 is 0 Å². The van der Waals surface area contributed by atoms with Crippen LogP contribution in [-0.2, 0) is 20.4 Å². The second-order valence-corrected chi connectivity index (χ2v) is 14.3. The maximum Gasteiger partial charge on any atom is 0.240 e. The highest BCUT2D eigenvalue weighted by atomic mass is 32.2. The van der Waals surface area contributed by atoms with E-state index in [-0.39, 0.29) is 11.7 Å². The van der Waals surface area contributed by atoms with Crippen LogP contribution in [0.3, 0.4) is 0 Å². The Morgan fingerprint density at radius 2 is 1.55 bits per heavy atom. The number of aromatic nitrogens is 2. The highest BCUT2D eigenvalue weighted by Crippen LogP contribution is 2.41. The van der Waals surface area contributed by atoms with Crippen molar-refractivity contribution in [1.29, 1.82) is 0 Å². The molecule has 6 aromatic rings. The molecule has 4 aromatic carbocycles. The number of benzene rings is 4. The van der Waals surface area contributed by atoms with E-state index in [1.807, 2.05) is 80.0 Å². The van der Waals surface area contributed by atoms with Crippen molar-refractivity contribution in [3.8, 4) is 22.3 Å². The number of carbonyl (C=O) groups is 1. The first-order chi connectivity index (χ1) is 22.8.